The number of rotatable bonds is 4. The summed E-state index contributed by atoms with van der Waals surface area (Å²) < 4.78 is 0.936. The molecular formula is C12H16BrN3OS. The Kier molecular flexibility index (Phi) is 6.21. The summed E-state index contributed by atoms with van der Waals surface area (Å²) in [5.74, 6) is 0.555. The minimum absolute atomic E-state index is 0.0665. The molecular weight excluding hydrogens is 314 g/mol. The molecule has 1 heterocycles. The highest BCUT2D eigenvalue weighted by Crippen LogP contribution is 2.15. The molecule has 0 aromatic carbocycles. The van der Waals surface area contributed by atoms with Gasteiger partial charge in [0.25, 0.3) is 0 Å². The van der Waals surface area contributed by atoms with Crippen LogP contribution in [-0.2, 0) is 4.79 Å². The second kappa shape index (κ2) is 7.43. The molecule has 0 spiro atoms. The van der Waals surface area contributed by atoms with Gasteiger partial charge in [-0.2, -0.15) is 0 Å². The Morgan fingerprint density at radius 1 is 1.50 bits per heavy atom. The molecule has 1 aromatic heterocycles. The fraction of sp³-hybridized carbons (Fsp3) is 0.417. The zero-order valence-corrected chi connectivity index (χ0v) is 12.8. The number of nitrogens with one attached hydrogen (secondary N) is 2. The summed E-state index contributed by atoms with van der Waals surface area (Å²) in [6.45, 7) is 3.93. The smallest absolute Gasteiger partial charge is 0.226 e. The number of hydrogen-bond donors (Lipinski definition) is 2. The third kappa shape index (κ3) is 5.10. The zero-order chi connectivity index (χ0) is 13.5. The number of nitrogens with zero attached hydrogens (tertiary/aromatic N) is 1. The predicted octanol–water partition coefficient (Wildman–Crippen LogP) is 3.16. The van der Waals surface area contributed by atoms with E-state index >= 15 is 0 Å². The first-order valence-corrected chi connectivity index (χ1v) is 6.97. The lowest BCUT2D eigenvalue weighted by Gasteiger charge is -2.09. The van der Waals surface area contributed by atoms with Gasteiger partial charge < -0.3 is 10.6 Å². The van der Waals surface area contributed by atoms with Gasteiger partial charge in [-0.1, -0.05) is 13.3 Å². The number of aromatic nitrogens is 1. The quantitative estimate of drug-likeness (QED) is 0.833. The van der Waals surface area contributed by atoms with Gasteiger partial charge in [0.15, 0.2) is 5.11 Å². The van der Waals surface area contributed by atoms with Crippen LogP contribution in [0.5, 0.6) is 0 Å². The Labute approximate surface area is 121 Å². The summed E-state index contributed by atoms with van der Waals surface area (Å²) in [5.41, 5.74) is 0.861. The summed E-state index contributed by atoms with van der Waals surface area (Å²) in [6, 6.07) is 3.67. The van der Waals surface area contributed by atoms with Crippen molar-refractivity contribution in [3.8, 4) is 0 Å². The molecule has 0 radical (unpaired) electrons. The number of halogens is 1. The average Bonchev–Trinajstić information content (AvgIpc) is 2.31. The Morgan fingerprint density at radius 2 is 2.22 bits per heavy atom. The summed E-state index contributed by atoms with van der Waals surface area (Å²) in [7, 11) is 0. The zero-order valence-electron chi connectivity index (χ0n) is 10.4. The number of anilines is 1. The molecule has 0 aliphatic rings. The number of amides is 1. The molecule has 0 aliphatic carbocycles. The van der Waals surface area contributed by atoms with Crippen LogP contribution in [0, 0.1) is 6.92 Å². The summed E-state index contributed by atoms with van der Waals surface area (Å²) >= 11 is 8.42. The molecule has 4 nitrogen and oxygen atoms in total. The maximum atomic E-state index is 11.5. The summed E-state index contributed by atoms with van der Waals surface area (Å²) in [6.07, 6.45) is 2.34. The molecule has 0 unspecified atom stereocenters. The lowest BCUT2D eigenvalue weighted by atomic mass is 10.2. The van der Waals surface area contributed by atoms with E-state index in [4.69, 9.17) is 12.2 Å². The average molecular weight is 330 g/mol. The highest BCUT2D eigenvalue weighted by molar-refractivity contribution is 9.10. The first-order valence-electron chi connectivity index (χ1n) is 5.77. The van der Waals surface area contributed by atoms with Gasteiger partial charge in [-0.3, -0.25) is 4.79 Å². The van der Waals surface area contributed by atoms with Crippen molar-refractivity contribution in [2.75, 3.05) is 5.32 Å². The van der Waals surface area contributed by atoms with Crippen LogP contribution in [0.25, 0.3) is 0 Å². The second-order valence-electron chi connectivity index (χ2n) is 3.87. The Hall–Kier alpha value is -1.01. The van der Waals surface area contributed by atoms with Crippen LogP contribution in [-0.4, -0.2) is 16.0 Å². The molecule has 2 N–H and O–H groups in total. The molecule has 0 aliphatic heterocycles. The van der Waals surface area contributed by atoms with Gasteiger partial charge in [0.2, 0.25) is 5.91 Å². The molecule has 0 bridgehead atoms. The maximum absolute atomic E-state index is 11.5. The van der Waals surface area contributed by atoms with Gasteiger partial charge in [-0.15, -0.1) is 0 Å². The van der Waals surface area contributed by atoms with E-state index in [0.29, 0.717) is 12.2 Å². The molecule has 1 aromatic rings. The van der Waals surface area contributed by atoms with Crippen molar-refractivity contribution in [1.29, 1.82) is 0 Å². The molecule has 0 saturated carbocycles. The van der Waals surface area contributed by atoms with Gasteiger partial charge in [-0.25, -0.2) is 4.98 Å². The van der Waals surface area contributed by atoms with Gasteiger partial charge in [-0.05, 0) is 53.6 Å². The van der Waals surface area contributed by atoms with Crippen molar-refractivity contribution in [3.63, 3.8) is 0 Å². The fourth-order valence-corrected chi connectivity index (χ4v) is 1.73. The van der Waals surface area contributed by atoms with Crippen LogP contribution in [0.3, 0.4) is 0 Å². The van der Waals surface area contributed by atoms with Crippen molar-refractivity contribution < 1.29 is 4.79 Å². The predicted molar refractivity (Wildman–Crippen MR) is 80.6 cm³/mol. The van der Waals surface area contributed by atoms with Gasteiger partial charge >= 0.3 is 0 Å². The maximum Gasteiger partial charge on any atom is 0.226 e. The highest BCUT2D eigenvalue weighted by atomic mass is 79.9. The van der Waals surface area contributed by atoms with Crippen molar-refractivity contribution in [1.82, 2.24) is 10.3 Å². The van der Waals surface area contributed by atoms with Crippen LogP contribution in [0.15, 0.2) is 16.6 Å². The van der Waals surface area contributed by atoms with Gasteiger partial charge in [0, 0.05) is 10.9 Å². The van der Waals surface area contributed by atoms with Crippen LogP contribution >= 0.6 is 28.1 Å². The van der Waals surface area contributed by atoms with E-state index < -0.39 is 0 Å². The number of hydrogen-bond acceptors (Lipinski definition) is 3. The number of carbonyl (C=O) groups is 1. The van der Waals surface area contributed by atoms with Crippen molar-refractivity contribution in [2.24, 2.45) is 0 Å². The molecule has 0 saturated heterocycles. The van der Waals surface area contributed by atoms with Crippen molar-refractivity contribution in [2.45, 2.75) is 33.1 Å². The lowest BCUT2D eigenvalue weighted by molar-refractivity contribution is -0.119. The third-order valence-electron chi connectivity index (χ3n) is 2.27. The Balaban J connectivity index is 2.49. The molecule has 0 fully saturated rings. The van der Waals surface area contributed by atoms with Crippen LogP contribution in [0.2, 0.25) is 0 Å². The fourth-order valence-electron chi connectivity index (χ4n) is 1.29. The minimum atomic E-state index is -0.0665. The second-order valence-corrected chi connectivity index (χ2v) is 5.13. The summed E-state index contributed by atoms with van der Waals surface area (Å²) in [5, 5.41) is 5.79. The first-order chi connectivity index (χ1) is 8.52. The summed E-state index contributed by atoms with van der Waals surface area (Å²) in [4.78, 5) is 15.7. The minimum Gasteiger partial charge on any atom is -0.317 e. The van der Waals surface area contributed by atoms with Crippen molar-refractivity contribution >= 4 is 45.0 Å². The largest absolute Gasteiger partial charge is 0.317 e. The standard InChI is InChI=1S/C12H16BrN3OS/c1-3-4-5-11(17)16-12(18)15-10-7-6-9(13)8(2)14-10/h6-7H,3-5H2,1-2H3,(H2,14,15,16,17,18). The lowest BCUT2D eigenvalue weighted by Crippen LogP contribution is -2.34. The van der Waals surface area contributed by atoms with Gasteiger partial charge in [0.1, 0.15) is 5.82 Å². The number of pyridine rings is 1. The van der Waals surface area contributed by atoms with E-state index in [1.54, 1.807) is 6.07 Å². The van der Waals surface area contributed by atoms with E-state index in [9.17, 15) is 4.79 Å². The van der Waals surface area contributed by atoms with Crippen LogP contribution in [0.1, 0.15) is 31.9 Å². The number of carbonyl (C=O) groups excluding carboxylic acids is 1. The first kappa shape index (κ1) is 15.0. The van der Waals surface area contributed by atoms with E-state index in [2.05, 4.69) is 31.5 Å². The number of aryl methyl sites for hydroxylation is 1. The van der Waals surface area contributed by atoms with Gasteiger partial charge in [0.05, 0.1) is 5.69 Å². The molecule has 1 rings (SSSR count). The normalized spacial score (nSPS) is 9.94. The molecule has 1 amide bonds. The number of thiocarbonyl (C=S) groups is 1. The third-order valence-corrected chi connectivity index (χ3v) is 3.32. The Bertz CT molecular complexity index is 451. The van der Waals surface area contributed by atoms with E-state index in [1.807, 2.05) is 19.9 Å². The molecule has 98 valence electrons. The van der Waals surface area contributed by atoms with E-state index in [1.165, 1.54) is 0 Å². The molecule has 0 atom stereocenters. The molecule has 18 heavy (non-hydrogen) atoms. The SMILES string of the molecule is CCCCC(=O)NC(=S)Nc1ccc(Br)c(C)n1. The monoisotopic (exact) mass is 329 g/mol. The van der Waals surface area contributed by atoms with Crippen LogP contribution in [0.4, 0.5) is 5.82 Å². The van der Waals surface area contributed by atoms with Crippen molar-refractivity contribution in [3.05, 3.63) is 22.3 Å². The molecule has 6 heteroatoms. The highest BCUT2D eigenvalue weighted by Gasteiger charge is 2.05. The van der Waals surface area contributed by atoms with E-state index in [-0.39, 0.29) is 11.0 Å². The Morgan fingerprint density at radius 3 is 2.83 bits per heavy atom. The topological polar surface area (TPSA) is 54.0 Å². The number of unbranched alkanes of at least 4 members (excludes halogenated alkanes) is 1. The van der Waals surface area contributed by atoms with E-state index in [0.717, 1.165) is 23.0 Å². The van der Waals surface area contributed by atoms with Crippen LogP contribution < -0.4 is 10.6 Å².